The number of aliphatic carboxylic acids is 1. The van der Waals surface area contributed by atoms with Crippen molar-refractivity contribution in [2.75, 3.05) is 18.9 Å². The number of carbonyl (C=O) groups is 2. The van der Waals surface area contributed by atoms with Gasteiger partial charge in [0.1, 0.15) is 0 Å². The summed E-state index contributed by atoms with van der Waals surface area (Å²) in [6, 6.07) is 30.1. The van der Waals surface area contributed by atoms with E-state index in [2.05, 4.69) is 60.6 Å². The molecule has 0 unspecified atom stereocenters. The molecule has 224 valence electrons. The van der Waals surface area contributed by atoms with Gasteiger partial charge in [-0.2, -0.15) is 0 Å². The number of nitrogens with zero attached hydrogens (tertiary/aromatic N) is 1. The number of rotatable bonds is 11. The van der Waals surface area contributed by atoms with E-state index in [1.165, 1.54) is 16.3 Å². The average molecular weight is 583 g/mol. The van der Waals surface area contributed by atoms with E-state index in [-0.39, 0.29) is 43.6 Å². The quantitative estimate of drug-likeness (QED) is 0.188. The molecule has 8 nitrogen and oxygen atoms in total. The second kappa shape index (κ2) is 13.9. The first-order chi connectivity index (χ1) is 20.8. The number of carboxylic acids is 1. The van der Waals surface area contributed by atoms with Gasteiger partial charge in [-0.05, 0) is 59.6 Å². The molecule has 1 heterocycles. The number of hydrogen-bond donors (Lipinski definition) is 3. The monoisotopic (exact) mass is 582 g/mol. The molecule has 0 aromatic heterocycles. The zero-order valence-corrected chi connectivity index (χ0v) is 24.5. The fourth-order valence-corrected chi connectivity index (χ4v) is 5.44. The van der Waals surface area contributed by atoms with Crippen LogP contribution < -0.4 is 5.32 Å². The van der Waals surface area contributed by atoms with Crippen LogP contribution in [0.4, 0.5) is 5.69 Å². The number of benzene rings is 4. The zero-order valence-electron chi connectivity index (χ0n) is 24.5. The highest BCUT2D eigenvalue weighted by Gasteiger charge is 2.33. The Kier molecular flexibility index (Phi) is 9.84. The molecule has 4 aromatic carbocycles. The molecule has 43 heavy (non-hydrogen) atoms. The van der Waals surface area contributed by atoms with E-state index in [1.807, 2.05) is 42.5 Å². The molecule has 0 saturated carbocycles. The van der Waals surface area contributed by atoms with Crippen LogP contribution in [0.3, 0.4) is 0 Å². The third kappa shape index (κ3) is 7.86. The molecule has 3 N–H and O–H groups in total. The minimum atomic E-state index is -1.02. The van der Waals surface area contributed by atoms with Crippen molar-refractivity contribution in [3.63, 3.8) is 0 Å². The van der Waals surface area contributed by atoms with Crippen LogP contribution in [0.5, 0.6) is 0 Å². The zero-order chi connectivity index (χ0) is 30.3. The summed E-state index contributed by atoms with van der Waals surface area (Å²) in [5, 5.41) is 23.6. The fraction of sp³-hybridized carbons (Fsp3) is 0.314. The molecule has 8 heteroatoms. The summed E-state index contributed by atoms with van der Waals surface area (Å²) < 4.78 is 13.0. The number of aliphatic hydroxyl groups is 1. The lowest BCUT2D eigenvalue weighted by Gasteiger charge is -2.39. The van der Waals surface area contributed by atoms with E-state index in [4.69, 9.17) is 14.6 Å². The van der Waals surface area contributed by atoms with Crippen molar-refractivity contribution in [3.05, 3.63) is 113 Å². The minimum Gasteiger partial charge on any atom is -0.481 e. The fourth-order valence-electron chi connectivity index (χ4n) is 5.44. The standard InChI is InChI=1S/C35H38N2O6/c1-23(27-15-14-25-6-3-4-7-28(25)18-27)37(2)21-31-20-32(26-12-10-24(22-38)11-13-26)43-35(42-31)29-8-5-9-30(19-29)36-33(39)16-17-34(40)41/h3-15,18-19,23,31-32,35,38H,16-17,20-22H2,1-2H3,(H,36,39)(H,40,41)/t23-,31+,32-,35-/m1/s1. The Morgan fingerprint density at radius 3 is 2.42 bits per heavy atom. The third-order valence-electron chi connectivity index (χ3n) is 8.03. The highest BCUT2D eigenvalue weighted by Crippen LogP contribution is 2.39. The van der Waals surface area contributed by atoms with Gasteiger partial charge in [0.15, 0.2) is 6.29 Å². The SMILES string of the molecule is C[C@H](c1ccc2ccccc2c1)N(C)C[C@@H]1C[C@H](c2ccc(CO)cc2)O[C@H](c2cccc(NC(=O)CCC(=O)O)c2)O1. The average Bonchev–Trinajstić information content (AvgIpc) is 3.03. The summed E-state index contributed by atoms with van der Waals surface area (Å²) >= 11 is 0. The second-order valence-corrected chi connectivity index (χ2v) is 11.1. The van der Waals surface area contributed by atoms with E-state index in [0.29, 0.717) is 18.7 Å². The Balaban J connectivity index is 1.34. The van der Waals surface area contributed by atoms with Gasteiger partial charge in [-0.15, -0.1) is 0 Å². The topological polar surface area (TPSA) is 108 Å². The predicted molar refractivity (Wildman–Crippen MR) is 165 cm³/mol. The molecule has 0 spiro atoms. The molecule has 5 rings (SSSR count). The Bertz CT molecular complexity index is 1560. The molecule has 1 aliphatic heterocycles. The number of fused-ring (bicyclic) bond motifs is 1. The smallest absolute Gasteiger partial charge is 0.303 e. The van der Waals surface area contributed by atoms with E-state index >= 15 is 0 Å². The van der Waals surface area contributed by atoms with E-state index in [1.54, 1.807) is 12.1 Å². The van der Waals surface area contributed by atoms with Gasteiger partial charge < -0.3 is 25.0 Å². The summed E-state index contributed by atoms with van der Waals surface area (Å²) in [4.78, 5) is 25.4. The number of ether oxygens (including phenoxy) is 2. The number of hydrogen-bond acceptors (Lipinski definition) is 6. The molecule has 0 radical (unpaired) electrons. The van der Waals surface area contributed by atoms with Crippen LogP contribution in [0.15, 0.2) is 91.0 Å². The number of aliphatic hydroxyl groups excluding tert-OH is 1. The number of carboxylic acid groups (broad SMARTS) is 1. The van der Waals surface area contributed by atoms with Crippen LogP contribution in [0.25, 0.3) is 10.8 Å². The molecule has 1 aliphatic rings. The number of likely N-dealkylation sites (N-methyl/N-ethyl adjacent to an activating group) is 1. The number of anilines is 1. The van der Waals surface area contributed by atoms with Crippen LogP contribution in [0.2, 0.25) is 0 Å². The second-order valence-electron chi connectivity index (χ2n) is 11.1. The summed E-state index contributed by atoms with van der Waals surface area (Å²) in [5.74, 6) is -1.38. The Morgan fingerprint density at radius 2 is 1.67 bits per heavy atom. The maximum atomic E-state index is 12.3. The lowest BCUT2D eigenvalue weighted by molar-refractivity contribution is -0.253. The number of nitrogens with one attached hydrogen (secondary N) is 1. The van der Waals surface area contributed by atoms with E-state index < -0.39 is 12.3 Å². The van der Waals surface area contributed by atoms with Gasteiger partial charge in [0, 0.05) is 36.7 Å². The van der Waals surface area contributed by atoms with Gasteiger partial charge in [-0.25, -0.2) is 0 Å². The molecule has 0 aliphatic carbocycles. The van der Waals surface area contributed by atoms with Crippen molar-refractivity contribution in [2.24, 2.45) is 0 Å². The first-order valence-corrected chi connectivity index (χ1v) is 14.6. The Labute approximate surface area is 251 Å². The molecule has 4 aromatic rings. The predicted octanol–water partition coefficient (Wildman–Crippen LogP) is 6.37. The minimum absolute atomic E-state index is 0.0252. The molecule has 1 amide bonds. The van der Waals surface area contributed by atoms with Gasteiger partial charge in [0.2, 0.25) is 5.91 Å². The van der Waals surface area contributed by atoms with Crippen LogP contribution in [-0.2, 0) is 25.7 Å². The molecule has 1 fully saturated rings. The van der Waals surface area contributed by atoms with Crippen LogP contribution >= 0.6 is 0 Å². The number of carbonyl (C=O) groups excluding carboxylic acids is 1. The highest BCUT2D eigenvalue weighted by atomic mass is 16.7. The van der Waals surface area contributed by atoms with Crippen molar-refractivity contribution in [1.29, 1.82) is 0 Å². The molecular weight excluding hydrogens is 544 g/mol. The maximum absolute atomic E-state index is 12.3. The Hall–Kier alpha value is -4.08. The van der Waals surface area contributed by atoms with Crippen molar-refractivity contribution in [1.82, 2.24) is 4.90 Å². The van der Waals surface area contributed by atoms with Crippen molar-refractivity contribution < 1.29 is 29.3 Å². The number of amides is 1. The van der Waals surface area contributed by atoms with Gasteiger partial charge in [-0.1, -0.05) is 72.8 Å². The summed E-state index contributed by atoms with van der Waals surface area (Å²) in [6.45, 7) is 2.84. The molecule has 0 bridgehead atoms. The van der Waals surface area contributed by atoms with E-state index in [0.717, 1.165) is 16.7 Å². The van der Waals surface area contributed by atoms with E-state index in [9.17, 15) is 14.7 Å². The lowest BCUT2D eigenvalue weighted by atomic mass is 9.98. The van der Waals surface area contributed by atoms with Crippen LogP contribution in [0.1, 0.15) is 66.9 Å². The summed E-state index contributed by atoms with van der Waals surface area (Å²) in [5.41, 5.74) is 4.36. The Morgan fingerprint density at radius 1 is 0.907 bits per heavy atom. The van der Waals surface area contributed by atoms with Gasteiger partial charge in [0.25, 0.3) is 0 Å². The summed E-state index contributed by atoms with van der Waals surface area (Å²) in [6.07, 6.45) is -0.760. The van der Waals surface area contributed by atoms with Gasteiger partial charge in [-0.3, -0.25) is 14.5 Å². The van der Waals surface area contributed by atoms with Crippen molar-refractivity contribution >= 4 is 28.3 Å². The van der Waals surface area contributed by atoms with Crippen LogP contribution in [-0.4, -0.2) is 46.7 Å². The van der Waals surface area contributed by atoms with Crippen LogP contribution in [0, 0.1) is 0 Å². The highest BCUT2D eigenvalue weighted by molar-refractivity contribution is 5.92. The largest absolute Gasteiger partial charge is 0.481 e. The van der Waals surface area contributed by atoms with Gasteiger partial charge >= 0.3 is 5.97 Å². The maximum Gasteiger partial charge on any atom is 0.303 e. The lowest BCUT2D eigenvalue weighted by Crippen LogP contribution is -2.38. The van der Waals surface area contributed by atoms with Crippen molar-refractivity contribution in [3.8, 4) is 0 Å². The summed E-state index contributed by atoms with van der Waals surface area (Å²) in [7, 11) is 2.10. The van der Waals surface area contributed by atoms with Crippen molar-refractivity contribution in [2.45, 2.75) is 57.3 Å². The normalized spacial score (nSPS) is 19.3. The first kappa shape index (κ1) is 30.4. The third-order valence-corrected chi connectivity index (χ3v) is 8.03. The first-order valence-electron chi connectivity index (χ1n) is 14.6. The molecular formula is C35H38N2O6. The molecule has 4 atom stereocenters. The van der Waals surface area contributed by atoms with Gasteiger partial charge in [0.05, 0.1) is 25.2 Å². The molecule has 1 saturated heterocycles.